The zero-order chi connectivity index (χ0) is 21.0. The van der Waals surface area contributed by atoms with Crippen LogP contribution >= 0.6 is 0 Å². The molecule has 2 N–H and O–H groups in total. The van der Waals surface area contributed by atoms with Gasteiger partial charge < -0.3 is 10.4 Å². The summed E-state index contributed by atoms with van der Waals surface area (Å²) in [5.41, 5.74) is 3.18. The third kappa shape index (κ3) is 4.26. The molecule has 1 aliphatic heterocycles. The van der Waals surface area contributed by atoms with Crippen LogP contribution in [0.25, 0.3) is 0 Å². The van der Waals surface area contributed by atoms with Gasteiger partial charge in [-0.3, -0.25) is 9.69 Å². The van der Waals surface area contributed by atoms with Crippen molar-refractivity contribution < 1.29 is 14.7 Å². The van der Waals surface area contributed by atoms with Gasteiger partial charge in [-0.05, 0) is 74.2 Å². The molecule has 158 valence electrons. The SMILES string of the molecule is O=C(O)c1ccc(CNC(=O)c2cccc(C3(N4CCCC4)CCCCC3)c2)cc1. The number of rotatable bonds is 6. The molecule has 2 fully saturated rings. The highest BCUT2D eigenvalue weighted by Crippen LogP contribution is 2.44. The molecular weight excluding hydrogens is 376 g/mol. The monoisotopic (exact) mass is 406 g/mol. The van der Waals surface area contributed by atoms with Gasteiger partial charge >= 0.3 is 5.97 Å². The maximum absolute atomic E-state index is 12.8. The number of hydrogen-bond acceptors (Lipinski definition) is 3. The van der Waals surface area contributed by atoms with Crippen molar-refractivity contribution in [2.75, 3.05) is 13.1 Å². The molecule has 0 atom stereocenters. The third-order valence-corrected chi connectivity index (χ3v) is 6.71. The molecule has 2 aromatic carbocycles. The van der Waals surface area contributed by atoms with Crippen LogP contribution in [0.5, 0.6) is 0 Å². The lowest BCUT2D eigenvalue weighted by Gasteiger charge is -2.45. The van der Waals surface area contributed by atoms with Gasteiger partial charge in [0.25, 0.3) is 5.91 Å². The third-order valence-electron chi connectivity index (χ3n) is 6.71. The lowest BCUT2D eigenvalue weighted by atomic mass is 9.75. The molecular formula is C25H30N2O3. The van der Waals surface area contributed by atoms with Gasteiger partial charge in [-0.25, -0.2) is 4.79 Å². The van der Waals surface area contributed by atoms with Gasteiger partial charge in [0.1, 0.15) is 0 Å². The largest absolute Gasteiger partial charge is 0.478 e. The number of benzene rings is 2. The summed E-state index contributed by atoms with van der Waals surface area (Å²) in [6.07, 6.45) is 8.68. The van der Waals surface area contributed by atoms with Crippen molar-refractivity contribution in [3.63, 3.8) is 0 Å². The summed E-state index contributed by atoms with van der Waals surface area (Å²) >= 11 is 0. The second-order valence-electron chi connectivity index (χ2n) is 8.55. The maximum atomic E-state index is 12.8. The normalized spacial score (nSPS) is 18.8. The van der Waals surface area contributed by atoms with Gasteiger partial charge in [0.15, 0.2) is 0 Å². The summed E-state index contributed by atoms with van der Waals surface area (Å²) in [5, 5.41) is 12.0. The van der Waals surface area contributed by atoms with Crippen LogP contribution in [0.3, 0.4) is 0 Å². The van der Waals surface area contributed by atoms with Gasteiger partial charge in [-0.2, -0.15) is 0 Å². The molecule has 4 rings (SSSR count). The number of carbonyl (C=O) groups is 2. The quantitative estimate of drug-likeness (QED) is 0.737. The fourth-order valence-corrected chi connectivity index (χ4v) is 5.07. The Morgan fingerprint density at radius 1 is 0.900 bits per heavy atom. The second-order valence-corrected chi connectivity index (χ2v) is 8.55. The fraction of sp³-hybridized carbons (Fsp3) is 0.440. The van der Waals surface area contributed by atoms with E-state index in [0.29, 0.717) is 12.1 Å². The molecule has 1 saturated carbocycles. The van der Waals surface area contributed by atoms with Crippen molar-refractivity contribution in [3.05, 3.63) is 70.8 Å². The van der Waals surface area contributed by atoms with Crippen molar-refractivity contribution in [2.24, 2.45) is 0 Å². The Hall–Kier alpha value is -2.66. The number of likely N-dealkylation sites (tertiary alicyclic amines) is 1. The molecule has 30 heavy (non-hydrogen) atoms. The molecule has 0 unspecified atom stereocenters. The summed E-state index contributed by atoms with van der Waals surface area (Å²) in [5.74, 6) is -1.04. The smallest absolute Gasteiger partial charge is 0.335 e. The first-order valence-corrected chi connectivity index (χ1v) is 11.0. The van der Waals surface area contributed by atoms with E-state index in [1.807, 2.05) is 12.1 Å². The van der Waals surface area contributed by atoms with E-state index in [-0.39, 0.29) is 17.0 Å². The number of nitrogens with zero attached hydrogens (tertiary/aromatic N) is 1. The van der Waals surface area contributed by atoms with Gasteiger partial charge in [0.05, 0.1) is 5.56 Å². The van der Waals surface area contributed by atoms with Gasteiger partial charge in [0.2, 0.25) is 0 Å². The first-order valence-electron chi connectivity index (χ1n) is 11.0. The molecule has 1 aliphatic carbocycles. The van der Waals surface area contributed by atoms with Crippen LogP contribution in [0.4, 0.5) is 0 Å². The summed E-state index contributed by atoms with van der Waals surface area (Å²) in [4.78, 5) is 26.5. The predicted molar refractivity (Wildman–Crippen MR) is 117 cm³/mol. The lowest BCUT2D eigenvalue weighted by Crippen LogP contribution is -2.46. The van der Waals surface area contributed by atoms with Crippen LogP contribution in [-0.4, -0.2) is 35.0 Å². The van der Waals surface area contributed by atoms with E-state index in [0.717, 1.165) is 18.7 Å². The Morgan fingerprint density at radius 3 is 2.27 bits per heavy atom. The number of carbonyl (C=O) groups excluding carboxylic acids is 1. The molecule has 0 spiro atoms. The van der Waals surface area contributed by atoms with Crippen LogP contribution < -0.4 is 5.32 Å². The zero-order valence-electron chi connectivity index (χ0n) is 17.4. The standard InChI is InChI=1S/C25H30N2O3/c28-23(26-18-19-9-11-20(12-10-19)24(29)30)21-7-6-8-22(17-21)25(13-2-1-3-14-25)27-15-4-5-16-27/h6-12,17H,1-5,13-16,18H2,(H,26,28)(H,29,30). The van der Waals surface area contributed by atoms with Gasteiger partial charge in [0, 0.05) is 17.6 Å². The number of nitrogens with one attached hydrogen (secondary N) is 1. The topological polar surface area (TPSA) is 69.6 Å². The highest BCUT2D eigenvalue weighted by atomic mass is 16.4. The van der Waals surface area contributed by atoms with E-state index < -0.39 is 5.97 Å². The Morgan fingerprint density at radius 2 is 1.60 bits per heavy atom. The number of carboxylic acids is 1. The highest BCUT2D eigenvalue weighted by molar-refractivity contribution is 5.94. The molecule has 1 saturated heterocycles. The van der Waals surface area contributed by atoms with E-state index in [1.54, 1.807) is 24.3 Å². The number of carboxylic acid groups (broad SMARTS) is 1. The molecule has 0 radical (unpaired) electrons. The van der Waals surface area contributed by atoms with Gasteiger partial charge in [-0.1, -0.05) is 43.5 Å². The van der Waals surface area contributed by atoms with Gasteiger partial charge in [-0.15, -0.1) is 0 Å². The Bertz CT molecular complexity index is 895. The van der Waals surface area contributed by atoms with Crippen LogP contribution in [0.1, 0.15) is 76.8 Å². The molecule has 2 aliphatic rings. The molecule has 0 bridgehead atoms. The fourth-order valence-electron chi connectivity index (χ4n) is 5.07. The molecule has 5 nitrogen and oxygen atoms in total. The minimum atomic E-state index is -0.947. The zero-order valence-corrected chi connectivity index (χ0v) is 17.4. The van der Waals surface area contributed by atoms with Crippen LogP contribution in [0.2, 0.25) is 0 Å². The summed E-state index contributed by atoms with van der Waals surface area (Å²) in [6.45, 7) is 2.69. The van der Waals surface area contributed by atoms with E-state index in [9.17, 15) is 9.59 Å². The van der Waals surface area contributed by atoms with E-state index >= 15 is 0 Å². The average molecular weight is 407 g/mol. The van der Waals surface area contributed by atoms with E-state index in [1.165, 1.54) is 50.5 Å². The van der Waals surface area contributed by atoms with Crippen LogP contribution in [0.15, 0.2) is 48.5 Å². The molecule has 5 heteroatoms. The minimum Gasteiger partial charge on any atom is -0.478 e. The molecule has 1 amide bonds. The Balaban J connectivity index is 1.49. The summed E-state index contributed by atoms with van der Waals surface area (Å²) in [7, 11) is 0. The van der Waals surface area contributed by atoms with Crippen LogP contribution in [0, 0.1) is 0 Å². The van der Waals surface area contributed by atoms with Crippen molar-refractivity contribution in [3.8, 4) is 0 Å². The number of amides is 1. The molecule has 1 heterocycles. The molecule has 0 aromatic heterocycles. The summed E-state index contributed by atoms with van der Waals surface area (Å²) in [6, 6.07) is 14.8. The molecule has 2 aromatic rings. The first-order chi connectivity index (χ1) is 14.6. The van der Waals surface area contributed by atoms with Crippen molar-refractivity contribution in [1.29, 1.82) is 0 Å². The lowest BCUT2D eigenvalue weighted by molar-refractivity contribution is 0.0695. The van der Waals surface area contributed by atoms with Crippen molar-refractivity contribution in [2.45, 2.75) is 57.0 Å². The van der Waals surface area contributed by atoms with Crippen LogP contribution in [-0.2, 0) is 12.1 Å². The number of hydrogen-bond donors (Lipinski definition) is 2. The van der Waals surface area contributed by atoms with Crippen molar-refractivity contribution in [1.82, 2.24) is 10.2 Å². The maximum Gasteiger partial charge on any atom is 0.335 e. The Labute approximate surface area is 178 Å². The first kappa shape index (κ1) is 20.6. The second kappa shape index (κ2) is 9.00. The average Bonchev–Trinajstić information content (AvgIpc) is 3.34. The Kier molecular flexibility index (Phi) is 6.18. The summed E-state index contributed by atoms with van der Waals surface area (Å²) < 4.78 is 0. The minimum absolute atomic E-state index is 0.0811. The highest BCUT2D eigenvalue weighted by Gasteiger charge is 2.40. The number of aromatic carboxylic acids is 1. The van der Waals surface area contributed by atoms with E-state index in [4.69, 9.17) is 5.11 Å². The van der Waals surface area contributed by atoms with E-state index in [2.05, 4.69) is 22.3 Å². The predicted octanol–water partition coefficient (Wildman–Crippen LogP) is 4.57. The van der Waals surface area contributed by atoms with Crippen molar-refractivity contribution >= 4 is 11.9 Å².